The molecule has 0 atom stereocenters. The fraction of sp³-hybridized carbons (Fsp3) is 0.222. The molecule has 180 valence electrons. The molecule has 0 saturated carbocycles. The van der Waals surface area contributed by atoms with Gasteiger partial charge in [-0.25, -0.2) is 0 Å². The lowest BCUT2D eigenvalue weighted by Crippen LogP contribution is -2.16. The molecule has 35 heavy (non-hydrogen) atoms. The highest BCUT2D eigenvalue weighted by molar-refractivity contribution is 7.99. The van der Waals surface area contributed by atoms with Gasteiger partial charge < -0.3 is 14.8 Å². The van der Waals surface area contributed by atoms with Gasteiger partial charge in [-0.2, -0.15) is 0 Å². The topological polar surface area (TPSA) is 78.3 Å². The summed E-state index contributed by atoms with van der Waals surface area (Å²) in [4.78, 5) is 12.8. The molecule has 0 bridgehead atoms. The van der Waals surface area contributed by atoms with E-state index in [9.17, 15) is 4.79 Å². The molecule has 0 spiro atoms. The lowest BCUT2D eigenvalue weighted by atomic mass is 10.1. The van der Waals surface area contributed by atoms with Gasteiger partial charge in [-0.05, 0) is 68.3 Å². The number of amides is 1. The summed E-state index contributed by atoms with van der Waals surface area (Å²) < 4.78 is 12.6. The number of aromatic nitrogens is 3. The monoisotopic (exact) mass is 488 g/mol. The minimum absolute atomic E-state index is 0.0998. The first-order valence-corrected chi connectivity index (χ1v) is 12.1. The Morgan fingerprint density at radius 1 is 0.914 bits per heavy atom. The molecule has 3 aromatic carbocycles. The van der Waals surface area contributed by atoms with Gasteiger partial charge in [0.1, 0.15) is 11.5 Å². The zero-order valence-corrected chi connectivity index (χ0v) is 21.3. The number of ether oxygens (including phenoxy) is 2. The van der Waals surface area contributed by atoms with Crippen LogP contribution in [0.5, 0.6) is 11.5 Å². The third-order valence-corrected chi connectivity index (χ3v) is 6.49. The molecule has 1 heterocycles. The molecule has 0 fully saturated rings. The Bertz CT molecular complexity index is 1330. The van der Waals surface area contributed by atoms with Crippen molar-refractivity contribution < 1.29 is 14.3 Å². The second kappa shape index (κ2) is 10.7. The van der Waals surface area contributed by atoms with E-state index >= 15 is 0 Å². The van der Waals surface area contributed by atoms with Crippen LogP contribution in [0.1, 0.15) is 16.7 Å². The summed E-state index contributed by atoms with van der Waals surface area (Å²) in [5.74, 6) is 2.23. The third kappa shape index (κ3) is 5.49. The van der Waals surface area contributed by atoms with Crippen LogP contribution in [-0.2, 0) is 4.79 Å². The van der Waals surface area contributed by atoms with Gasteiger partial charge in [0.2, 0.25) is 5.91 Å². The van der Waals surface area contributed by atoms with Gasteiger partial charge in [-0.3, -0.25) is 9.36 Å². The molecule has 0 unspecified atom stereocenters. The first-order chi connectivity index (χ1) is 16.9. The molecule has 0 aliphatic heterocycles. The minimum atomic E-state index is -0.0998. The van der Waals surface area contributed by atoms with Crippen molar-refractivity contribution in [1.82, 2.24) is 14.8 Å². The molecular formula is C27H28N4O3S. The van der Waals surface area contributed by atoms with Crippen molar-refractivity contribution in [2.24, 2.45) is 0 Å². The average Bonchev–Trinajstić information content (AvgIpc) is 3.29. The van der Waals surface area contributed by atoms with Gasteiger partial charge >= 0.3 is 0 Å². The molecular weight excluding hydrogens is 460 g/mol. The van der Waals surface area contributed by atoms with Crippen molar-refractivity contribution >= 4 is 23.4 Å². The number of anilines is 1. The van der Waals surface area contributed by atoms with Crippen LogP contribution in [0, 0.1) is 20.8 Å². The molecule has 1 amide bonds. The molecule has 0 radical (unpaired) electrons. The van der Waals surface area contributed by atoms with E-state index in [0.717, 1.165) is 39.6 Å². The number of carbonyl (C=O) groups excluding carboxylic acids is 1. The van der Waals surface area contributed by atoms with Crippen molar-refractivity contribution in [3.05, 3.63) is 77.4 Å². The second-order valence-electron chi connectivity index (χ2n) is 8.18. The molecule has 0 aliphatic rings. The molecule has 1 aromatic heterocycles. The maximum atomic E-state index is 12.8. The number of benzene rings is 3. The fourth-order valence-corrected chi connectivity index (χ4v) is 4.71. The van der Waals surface area contributed by atoms with Gasteiger partial charge in [-0.15, -0.1) is 10.2 Å². The van der Waals surface area contributed by atoms with Crippen molar-refractivity contribution in [2.75, 3.05) is 25.3 Å². The van der Waals surface area contributed by atoms with E-state index in [1.54, 1.807) is 14.2 Å². The van der Waals surface area contributed by atoms with Crippen molar-refractivity contribution in [2.45, 2.75) is 25.9 Å². The maximum Gasteiger partial charge on any atom is 0.234 e. The lowest BCUT2D eigenvalue weighted by Gasteiger charge is -2.13. The van der Waals surface area contributed by atoms with Gasteiger partial charge in [0, 0.05) is 16.9 Å². The van der Waals surface area contributed by atoms with Crippen LogP contribution in [0.2, 0.25) is 0 Å². The number of hydrogen-bond acceptors (Lipinski definition) is 6. The fourth-order valence-electron chi connectivity index (χ4n) is 3.96. The summed E-state index contributed by atoms with van der Waals surface area (Å²) in [6, 6.07) is 19.4. The van der Waals surface area contributed by atoms with Gasteiger partial charge in [0.15, 0.2) is 11.0 Å². The molecule has 4 aromatic rings. The number of aryl methyl sites for hydroxylation is 3. The van der Waals surface area contributed by atoms with Crippen LogP contribution in [0.25, 0.3) is 17.1 Å². The second-order valence-corrected chi connectivity index (χ2v) is 9.12. The summed E-state index contributed by atoms with van der Waals surface area (Å²) in [7, 11) is 3.26. The Morgan fingerprint density at radius 3 is 2.26 bits per heavy atom. The van der Waals surface area contributed by atoms with Crippen molar-refractivity contribution in [3.8, 4) is 28.6 Å². The summed E-state index contributed by atoms with van der Waals surface area (Å²) in [6.45, 7) is 6.06. The zero-order chi connectivity index (χ0) is 24.9. The number of methoxy groups -OCH3 is 2. The quantitative estimate of drug-likeness (QED) is 0.325. The van der Waals surface area contributed by atoms with E-state index in [-0.39, 0.29) is 11.7 Å². The highest BCUT2D eigenvalue weighted by Gasteiger charge is 2.18. The third-order valence-electron chi connectivity index (χ3n) is 5.57. The van der Waals surface area contributed by atoms with Crippen LogP contribution in [0.4, 0.5) is 5.69 Å². The maximum absolute atomic E-state index is 12.8. The predicted molar refractivity (Wildman–Crippen MR) is 140 cm³/mol. The van der Waals surface area contributed by atoms with Gasteiger partial charge in [0.25, 0.3) is 0 Å². The van der Waals surface area contributed by atoms with E-state index in [1.807, 2.05) is 73.9 Å². The highest BCUT2D eigenvalue weighted by atomic mass is 32.2. The summed E-state index contributed by atoms with van der Waals surface area (Å²) in [5.41, 5.74) is 5.83. The molecule has 1 N–H and O–H groups in total. The van der Waals surface area contributed by atoms with Gasteiger partial charge in [0.05, 0.1) is 20.0 Å². The van der Waals surface area contributed by atoms with Crippen LogP contribution in [0.15, 0.2) is 65.8 Å². The minimum Gasteiger partial charge on any atom is -0.497 e. The number of nitrogens with zero attached hydrogens (tertiary/aromatic N) is 3. The number of hydrogen-bond donors (Lipinski definition) is 1. The lowest BCUT2D eigenvalue weighted by molar-refractivity contribution is -0.113. The number of carbonyl (C=O) groups is 1. The number of thioether (sulfide) groups is 1. The first-order valence-electron chi connectivity index (χ1n) is 11.1. The molecule has 0 saturated heterocycles. The van der Waals surface area contributed by atoms with E-state index < -0.39 is 0 Å². The molecule has 8 heteroatoms. The Morgan fingerprint density at radius 2 is 1.60 bits per heavy atom. The average molecular weight is 489 g/mol. The van der Waals surface area contributed by atoms with Gasteiger partial charge in [-0.1, -0.05) is 41.6 Å². The van der Waals surface area contributed by atoms with E-state index in [0.29, 0.717) is 11.0 Å². The zero-order valence-electron chi connectivity index (χ0n) is 20.5. The largest absolute Gasteiger partial charge is 0.497 e. The SMILES string of the molecule is COc1ccc(-n2c(SCC(=O)Nc3c(C)cc(C)cc3C)nnc2-c2cccc(OC)c2)cc1. The predicted octanol–water partition coefficient (Wildman–Crippen LogP) is 5.61. The molecule has 7 nitrogen and oxygen atoms in total. The molecule has 4 rings (SSSR count). The van der Waals surface area contributed by atoms with Crippen LogP contribution in [0.3, 0.4) is 0 Å². The highest BCUT2D eigenvalue weighted by Crippen LogP contribution is 2.31. The van der Waals surface area contributed by atoms with Crippen LogP contribution < -0.4 is 14.8 Å². The Kier molecular flexibility index (Phi) is 7.41. The van der Waals surface area contributed by atoms with Crippen molar-refractivity contribution in [1.29, 1.82) is 0 Å². The molecule has 0 aliphatic carbocycles. The standard InChI is InChI=1S/C27H28N4O3S/c1-17-13-18(2)25(19(3)14-17)28-24(32)16-35-27-30-29-26(20-7-6-8-23(15-20)34-5)31(27)21-9-11-22(33-4)12-10-21/h6-15H,16H2,1-5H3,(H,28,32). The van der Waals surface area contributed by atoms with E-state index in [1.165, 1.54) is 17.3 Å². The Hall–Kier alpha value is -3.78. The summed E-state index contributed by atoms with van der Waals surface area (Å²) >= 11 is 1.33. The smallest absolute Gasteiger partial charge is 0.234 e. The summed E-state index contributed by atoms with van der Waals surface area (Å²) in [6.07, 6.45) is 0. The summed E-state index contributed by atoms with van der Waals surface area (Å²) in [5, 5.41) is 12.5. The number of rotatable bonds is 8. The van der Waals surface area contributed by atoms with Crippen LogP contribution >= 0.6 is 11.8 Å². The Balaban J connectivity index is 1.63. The van der Waals surface area contributed by atoms with Crippen molar-refractivity contribution in [3.63, 3.8) is 0 Å². The number of nitrogens with one attached hydrogen (secondary N) is 1. The Labute approximate surface area is 209 Å². The first kappa shape index (κ1) is 24.3. The normalized spacial score (nSPS) is 10.8. The van der Waals surface area contributed by atoms with Crippen LogP contribution in [-0.4, -0.2) is 40.6 Å². The van der Waals surface area contributed by atoms with E-state index in [4.69, 9.17) is 9.47 Å². The van der Waals surface area contributed by atoms with E-state index in [2.05, 4.69) is 27.6 Å².